The summed E-state index contributed by atoms with van der Waals surface area (Å²) in [6, 6.07) is 18.3. The molecule has 0 aliphatic rings. The molecule has 0 fully saturated rings. The second kappa shape index (κ2) is 8.22. The molecule has 6 heteroatoms. The van der Waals surface area contributed by atoms with E-state index in [9.17, 15) is 9.59 Å². The van der Waals surface area contributed by atoms with Crippen LogP contribution in [0.4, 0.5) is 0 Å². The number of rotatable bonds is 4. The van der Waals surface area contributed by atoms with Crippen LogP contribution in [-0.4, -0.2) is 34.8 Å². The number of carbonyl (C=O) groups excluding carboxylic acids is 2. The summed E-state index contributed by atoms with van der Waals surface area (Å²) in [5, 5.41) is 8.31. The van der Waals surface area contributed by atoms with Gasteiger partial charge in [0.2, 0.25) is 0 Å². The Labute approximate surface area is 169 Å². The summed E-state index contributed by atoms with van der Waals surface area (Å²) in [4.78, 5) is 25.7. The highest BCUT2D eigenvalue weighted by Crippen LogP contribution is 2.34. The lowest BCUT2D eigenvalue weighted by atomic mass is 9.94. The first kappa shape index (κ1) is 20.2. The molecule has 0 N–H and O–H groups in total. The molecule has 0 saturated carbocycles. The fourth-order valence-corrected chi connectivity index (χ4v) is 2.89. The molecule has 0 unspecified atom stereocenters. The van der Waals surface area contributed by atoms with E-state index >= 15 is 0 Å². The maximum absolute atomic E-state index is 13.3. The minimum absolute atomic E-state index is 0.0424. The van der Waals surface area contributed by atoms with E-state index in [1.165, 1.54) is 7.11 Å². The van der Waals surface area contributed by atoms with Gasteiger partial charge in [-0.2, -0.15) is 0 Å². The Hall–Kier alpha value is -3.54. The molecule has 0 amide bonds. The van der Waals surface area contributed by atoms with Crippen molar-refractivity contribution in [3.05, 3.63) is 71.9 Å². The SMILES string of the molecule is COC(=O)c1nnc(-c2ccccc2)c(C(=O)OC(C)(C)C)c1-c1ccccc1. The second-order valence-electron chi connectivity index (χ2n) is 7.37. The lowest BCUT2D eigenvalue weighted by Gasteiger charge is -2.22. The standard InChI is InChI=1S/C23H22N2O4/c1-23(2,3)29-21(26)18-17(15-11-7-5-8-12-15)20(22(27)28-4)25-24-19(18)16-13-9-6-10-14-16/h5-14H,1-4H3. The highest BCUT2D eigenvalue weighted by molar-refractivity contribution is 6.08. The number of carbonyl (C=O) groups is 2. The first-order valence-electron chi connectivity index (χ1n) is 9.15. The van der Waals surface area contributed by atoms with E-state index in [0.717, 1.165) is 0 Å². The van der Waals surface area contributed by atoms with Gasteiger partial charge < -0.3 is 9.47 Å². The lowest BCUT2D eigenvalue weighted by molar-refractivity contribution is 0.00707. The molecule has 0 aliphatic carbocycles. The third-order valence-corrected chi connectivity index (χ3v) is 4.07. The van der Waals surface area contributed by atoms with Gasteiger partial charge >= 0.3 is 11.9 Å². The highest BCUT2D eigenvalue weighted by atomic mass is 16.6. The van der Waals surface area contributed by atoms with Crippen LogP contribution < -0.4 is 0 Å². The molecular weight excluding hydrogens is 368 g/mol. The van der Waals surface area contributed by atoms with Crippen molar-refractivity contribution in [2.24, 2.45) is 0 Å². The predicted octanol–water partition coefficient (Wildman–Crippen LogP) is 4.55. The van der Waals surface area contributed by atoms with Crippen LogP contribution >= 0.6 is 0 Å². The van der Waals surface area contributed by atoms with Gasteiger partial charge in [-0.25, -0.2) is 9.59 Å². The zero-order chi connectivity index (χ0) is 21.0. The summed E-state index contributed by atoms with van der Waals surface area (Å²) < 4.78 is 10.5. The van der Waals surface area contributed by atoms with Crippen LogP contribution in [-0.2, 0) is 9.47 Å². The summed E-state index contributed by atoms with van der Waals surface area (Å²) in [5.41, 5.74) is 1.41. The van der Waals surface area contributed by atoms with Gasteiger partial charge in [0.15, 0.2) is 5.69 Å². The quantitative estimate of drug-likeness (QED) is 0.608. The van der Waals surface area contributed by atoms with Crippen molar-refractivity contribution in [2.45, 2.75) is 26.4 Å². The van der Waals surface area contributed by atoms with Gasteiger partial charge in [0.25, 0.3) is 0 Å². The number of aromatic nitrogens is 2. The molecule has 0 saturated heterocycles. The Kier molecular flexibility index (Phi) is 5.73. The van der Waals surface area contributed by atoms with E-state index in [4.69, 9.17) is 9.47 Å². The Morgan fingerprint density at radius 3 is 1.86 bits per heavy atom. The van der Waals surface area contributed by atoms with Crippen LogP contribution in [0.3, 0.4) is 0 Å². The largest absolute Gasteiger partial charge is 0.464 e. The van der Waals surface area contributed by atoms with Gasteiger partial charge in [0, 0.05) is 11.1 Å². The minimum Gasteiger partial charge on any atom is -0.464 e. The smallest absolute Gasteiger partial charge is 0.359 e. The Morgan fingerprint density at radius 2 is 1.34 bits per heavy atom. The third-order valence-electron chi connectivity index (χ3n) is 4.07. The fraction of sp³-hybridized carbons (Fsp3) is 0.217. The molecule has 3 aromatic rings. The van der Waals surface area contributed by atoms with Crippen molar-refractivity contribution in [3.63, 3.8) is 0 Å². The van der Waals surface area contributed by atoms with Crippen molar-refractivity contribution in [3.8, 4) is 22.4 Å². The molecule has 0 bridgehead atoms. The van der Waals surface area contributed by atoms with Crippen molar-refractivity contribution >= 4 is 11.9 Å². The molecule has 6 nitrogen and oxygen atoms in total. The van der Waals surface area contributed by atoms with Crippen LogP contribution in [0.1, 0.15) is 41.6 Å². The maximum Gasteiger partial charge on any atom is 0.359 e. The van der Waals surface area contributed by atoms with Gasteiger partial charge in [-0.3, -0.25) is 0 Å². The molecule has 0 aliphatic heterocycles. The summed E-state index contributed by atoms with van der Waals surface area (Å²) >= 11 is 0. The first-order valence-corrected chi connectivity index (χ1v) is 9.15. The van der Waals surface area contributed by atoms with Crippen LogP contribution in [0.25, 0.3) is 22.4 Å². The molecule has 1 heterocycles. The summed E-state index contributed by atoms with van der Waals surface area (Å²) in [7, 11) is 1.26. The summed E-state index contributed by atoms with van der Waals surface area (Å²) in [5.74, 6) is -1.27. The minimum atomic E-state index is -0.728. The molecule has 0 atom stereocenters. The second-order valence-corrected chi connectivity index (χ2v) is 7.37. The Morgan fingerprint density at radius 1 is 0.793 bits per heavy atom. The Bertz CT molecular complexity index is 1030. The normalized spacial score (nSPS) is 11.0. The van der Waals surface area contributed by atoms with E-state index in [-0.39, 0.29) is 11.3 Å². The molecule has 2 aromatic carbocycles. The van der Waals surface area contributed by atoms with Gasteiger partial charge in [-0.1, -0.05) is 60.7 Å². The topological polar surface area (TPSA) is 78.4 Å². The van der Waals surface area contributed by atoms with Crippen LogP contribution in [0.15, 0.2) is 60.7 Å². The first-order chi connectivity index (χ1) is 13.8. The molecule has 3 rings (SSSR count). The van der Waals surface area contributed by atoms with Crippen molar-refractivity contribution in [1.82, 2.24) is 10.2 Å². The summed E-state index contributed by atoms with van der Waals surface area (Å²) in [6.07, 6.45) is 0. The third kappa shape index (κ3) is 4.48. The average molecular weight is 390 g/mol. The number of methoxy groups -OCH3 is 1. The fourth-order valence-electron chi connectivity index (χ4n) is 2.89. The highest BCUT2D eigenvalue weighted by Gasteiger charge is 2.30. The molecular formula is C23H22N2O4. The molecule has 29 heavy (non-hydrogen) atoms. The van der Waals surface area contributed by atoms with E-state index in [1.54, 1.807) is 32.9 Å². The van der Waals surface area contributed by atoms with Gasteiger partial charge in [0.1, 0.15) is 11.3 Å². The van der Waals surface area contributed by atoms with Crippen LogP contribution in [0.2, 0.25) is 0 Å². The molecule has 0 spiro atoms. The molecule has 148 valence electrons. The predicted molar refractivity (Wildman–Crippen MR) is 109 cm³/mol. The van der Waals surface area contributed by atoms with E-state index in [0.29, 0.717) is 22.4 Å². The van der Waals surface area contributed by atoms with E-state index in [2.05, 4.69) is 10.2 Å². The molecule has 0 radical (unpaired) electrons. The van der Waals surface area contributed by atoms with Gasteiger partial charge in [0.05, 0.1) is 12.7 Å². The number of nitrogens with zero attached hydrogens (tertiary/aromatic N) is 2. The number of hydrogen-bond acceptors (Lipinski definition) is 6. The van der Waals surface area contributed by atoms with E-state index < -0.39 is 17.5 Å². The van der Waals surface area contributed by atoms with Crippen LogP contribution in [0, 0.1) is 0 Å². The number of esters is 2. The Balaban J connectivity index is 2.37. The monoisotopic (exact) mass is 390 g/mol. The van der Waals surface area contributed by atoms with E-state index in [1.807, 2.05) is 48.5 Å². The number of ether oxygens (including phenoxy) is 2. The lowest BCUT2D eigenvalue weighted by Crippen LogP contribution is -2.26. The van der Waals surface area contributed by atoms with Gasteiger partial charge in [-0.15, -0.1) is 10.2 Å². The molecule has 1 aromatic heterocycles. The van der Waals surface area contributed by atoms with Crippen molar-refractivity contribution in [2.75, 3.05) is 7.11 Å². The summed E-state index contributed by atoms with van der Waals surface area (Å²) in [6.45, 7) is 5.35. The van der Waals surface area contributed by atoms with Gasteiger partial charge in [-0.05, 0) is 26.3 Å². The average Bonchev–Trinajstić information content (AvgIpc) is 2.72. The zero-order valence-electron chi connectivity index (χ0n) is 16.8. The van der Waals surface area contributed by atoms with Crippen molar-refractivity contribution < 1.29 is 19.1 Å². The maximum atomic E-state index is 13.3. The van der Waals surface area contributed by atoms with Crippen molar-refractivity contribution in [1.29, 1.82) is 0 Å². The number of hydrogen-bond donors (Lipinski definition) is 0. The van der Waals surface area contributed by atoms with Crippen LogP contribution in [0.5, 0.6) is 0 Å². The number of benzene rings is 2. The zero-order valence-corrected chi connectivity index (χ0v) is 16.8.